The van der Waals surface area contributed by atoms with Gasteiger partial charge in [-0.25, -0.2) is 4.79 Å². The fourth-order valence-electron chi connectivity index (χ4n) is 1.88. The molecule has 2 amide bonds. The van der Waals surface area contributed by atoms with E-state index in [4.69, 9.17) is 9.84 Å². The Hall–Kier alpha value is -1.33. The Morgan fingerprint density at radius 1 is 1.32 bits per heavy atom. The number of carbonyl (C=O) groups is 2. The highest BCUT2D eigenvalue weighted by molar-refractivity contribution is 5.75. The number of ether oxygens (including phenoxy) is 1. The van der Waals surface area contributed by atoms with E-state index < -0.39 is 48.9 Å². The van der Waals surface area contributed by atoms with Crippen LogP contribution in [0.3, 0.4) is 0 Å². The first kappa shape index (κ1) is 15.7. The molecule has 3 unspecified atom stereocenters. The third kappa shape index (κ3) is 2.98. The molecule has 1 aliphatic heterocycles. The number of amides is 2. The van der Waals surface area contributed by atoms with Crippen LogP contribution in [0.2, 0.25) is 0 Å². The molecule has 1 rings (SSSR count). The van der Waals surface area contributed by atoms with Crippen LogP contribution in [0.5, 0.6) is 0 Å². The van der Waals surface area contributed by atoms with Crippen molar-refractivity contribution in [3.63, 3.8) is 0 Å². The van der Waals surface area contributed by atoms with Gasteiger partial charge in [0.1, 0.15) is 18.3 Å². The van der Waals surface area contributed by atoms with Crippen molar-refractivity contribution < 1.29 is 39.1 Å². The zero-order chi connectivity index (χ0) is 14.8. The number of nitrogens with one attached hydrogen (secondary N) is 2. The van der Waals surface area contributed by atoms with Crippen molar-refractivity contribution in [3.8, 4) is 0 Å². The van der Waals surface area contributed by atoms with Gasteiger partial charge in [0, 0.05) is 6.92 Å². The molecule has 0 aliphatic carbocycles. The maximum Gasteiger partial charge on any atom is 0.399 e. The molecule has 0 radical (unpaired) electrons. The molecular weight excluding hydrogens is 267 g/mol. The Balaban J connectivity index is 3.12. The van der Waals surface area contributed by atoms with Crippen molar-refractivity contribution in [2.75, 3.05) is 6.61 Å². The van der Waals surface area contributed by atoms with Gasteiger partial charge in [-0.1, -0.05) is 0 Å². The van der Waals surface area contributed by atoms with E-state index in [1.807, 2.05) is 5.32 Å². The minimum Gasteiger partial charge on any atom is -0.394 e. The molecule has 1 heterocycles. The minimum atomic E-state index is -2.46. The van der Waals surface area contributed by atoms with Gasteiger partial charge in [0.15, 0.2) is 5.66 Å². The van der Waals surface area contributed by atoms with E-state index in [0.29, 0.717) is 0 Å². The first-order valence-electron chi connectivity index (χ1n) is 5.31. The third-order valence-corrected chi connectivity index (χ3v) is 2.73. The van der Waals surface area contributed by atoms with Crippen molar-refractivity contribution in [2.45, 2.75) is 37.2 Å². The Kier molecular flexibility index (Phi) is 4.76. The van der Waals surface area contributed by atoms with Gasteiger partial charge in [-0.3, -0.25) is 10.1 Å². The first-order chi connectivity index (χ1) is 8.74. The molecule has 10 heteroatoms. The zero-order valence-corrected chi connectivity index (χ0v) is 9.91. The van der Waals surface area contributed by atoms with E-state index in [9.17, 15) is 29.3 Å². The van der Waals surface area contributed by atoms with Crippen LogP contribution in [-0.2, 0) is 9.53 Å². The quantitative estimate of drug-likeness (QED) is 0.183. The Labute approximate surface area is 107 Å². The SMILES string of the molecule is CC(=O)NC1(NC(=O)F)C(O)OC(CO)[C@@H](O)[C@@H]1O. The minimum absolute atomic E-state index is 0.741. The van der Waals surface area contributed by atoms with Crippen molar-refractivity contribution >= 4 is 12.1 Å². The molecule has 0 aromatic rings. The second kappa shape index (κ2) is 5.75. The molecule has 0 bridgehead atoms. The van der Waals surface area contributed by atoms with Crippen molar-refractivity contribution in [1.82, 2.24) is 10.6 Å². The summed E-state index contributed by atoms with van der Waals surface area (Å²) in [6, 6.07) is 0. The van der Waals surface area contributed by atoms with Gasteiger partial charge in [-0.05, 0) is 0 Å². The summed E-state index contributed by atoms with van der Waals surface area (Å²) in [5.74, 6) is -0.829. The summed E-state index contributed by atoms with van der Waals surface area (Å²) in [4.78, 5) is 21.6. The third-order valence-electron chi connectivity index (χ3n) is 2.73. The van der Waals surface area contributed by atoms with Gasteiger partial charge >= 0.3 is 6.16 Å². The molecule has 5 atom stereocenters. The predicted molar refractivity (Wildman–Crippen MR) is 56.2 cm³/mol. The second-order valence-corrected chi connectivity index (χ2v) is 4.09. The van der Waals surface area contributed by atoms with Crippen LogP contribution in [0.4, 0.5) is 9.18 Å². The molecule has 1 saturated heterocycles. The van der Waals surface area contributed by atoms with E-state index in [0.717, 1.165) is 6.92 Å². The highest BCUT2D eigenvalue weighted by Crippen LogP contribution is 2.27. The lowest BCUT2D eigenvalue weighted by atomic mass is 9.90. The van der Waals surface area contributed by atoms with Crippen LogP contribution >= 0.6 is 0 Å². The maximum absolute atomic E-state index is 12.5. The van der Waals surface area contributed by atoms with E-state index in [1.54, 1.807) is 0 Å². The molecule has 1 aliphatic rings. The summed E-state index contributed by atoms with van der Waals surface area (Å²) in [6.45, 7) is 0.241. The van der Waals surface area contributed by atoms with E-state index in [-0.39, 0.29) is 0 Å². The van der Waals surface area contributed by atoms with Gasteiger partial charge < -0.3 is 30.5 Å². The average Bonchev–Trinajstić information content (AvgIpc) is 2.29. The number of aliphatic hydroxyl groups is 4. The van der Waals surface area contributed by atoms with Gasteiger partial charge in [0.05, 0.1) is 6.61 Å². The van der Waals surface area contributed by atoms with Gasteiger partial charge in [-0.15, -0.1) is 4.39 Å². The fraction of sp³-hybridized carbons (Fsp3) is 0.778. The molecule has 9 nitrogen and oxygen atoms in total. The largest absolute Gasteiger partial charge is 0.399 e. The normalized spacial score (nSPS) is 38.6. The molecule has 0 aromatic carbocycles. The highest BCUT2D eigenvalue weighted by atomic mass is 19.1. The lowest BCUT2D eigenvalue weighted by Gasteiger charge is -2.48. The number of carbonyl (C=O) groups excluding carboxylic acids is 2. The molecule has 0 saturated carbocycles. The van der Waals surface area contributed by atoms with Crippen LogP contribution in [0, 0.1) is 0 Å². The molecular formula is C9H15FN2O7. The highest BCUT2D eigenvalue weighted by Gasteiger charge is 2.57. The van der Waals surface area contributed by atoms with Crippen LogP contribution in [0.25, 0.3) is 0 Å². The number of rotatable bonds is 3. The summed E-state index contributed by atoms with van der Waals surface area (Å²) < 4.78 is 17.3. The van der Waals surface area contributed by atoms with Crippen LogP contribution in [0.1, 0.15) is 6.92 Å². The predicted octanol–water partition coefficient (Wildman–Crippen LogP) is -3.07. The van der Waals surface area contributed by atoms with E-state index >= 15 is 0 Å². The Morgan fingerprint density at radius 3 is 2.32 bits per heavy atom. The van der Waals surface area contributed by atoms with Crippen molar-refractivity contribution in [3.05, 3.63) is 0 Å². The zero-order valence-electron chi connectivity index (χ0n) is 9.91. The molecule has 19 heavy (non-hydrogen) atoms. The molecule has 1 fully saturated rings. The molecule has 0 spiro atoms. The van der Waals surface area contributed by atoms with Crippen LogP contribution < -0.4 is 10.6 Å². The van der Waals surface area contributed by atoms with E-state index in [2.05, 4.69) is 0 Å². The molecule has 110 valence electrons. The summed E-state index contributed by atoms with van der Waals surface area (Å²) >= 11 is 0. The summed E-state index contributed by atoms with van der Waals surface area (Å²) in [6.07, 6.45) is -9.37. The van der Waals surface area contributed by atoms with Crippen LogP contribution in [-0.4, -0.2) is 69.4 Å². The lowest BCUT2D eigenvalue weighted by molar-refractivity contribution is -0.288. The number of hydrogen-bond acceptors (Lipinski definition) is 7. The van der Waals surface area contributed by atoms with E-state index in [1.165, 1.54) is 5.32 Å². The van der Waals surface area contributed by atoms with Gasteiger partial charge in [-0.2, -0.15) is 0 Å². The van der Waals surface area contributed by atoms with Crippen molar-refractivity contribution in [1.29, 1.82) is 0 Å². The standard InChI is InChI=1S/C9H15FN2O7/c1-3(14)11-9(12-8(10)18)6(16)5(15)4(2-13)19-7(9)17/h4-7,13,15-17H,2H2,1H3,(H,11,14)(H,12,18)/t4?,5-,6+,7?,9?/m1/s1. The van der Waals surface area contributed by atoms with Crippen molar-refractivity contribution in [2.24, 2.45) is 0 Å². The molecule has 6 N–H and O–H groups in total. The number of halogens is 1. The van der Waals surface area contributed by atoms with Gasteiger partial charge in [0.25, 0.3) is 0 Å². The smallest absolute Gasteiger partial charge is 0.394 e. The summed E-state index contributed by atoms with van der Waals surface area (Å²) in [7, 11) is 0. The Morgan fingerprint density at radius 2 is 1.89 bits per heavy atom. The molecule has 0 aromatic heterocycles. The number of hydrogen-bond donors (Lipinski definition) is 6. The summed E-state index contributed by atoms with van der Waals surface area (Å²) in [5, 5.41) is 41.5. The first-order valence-corrected chi connectivity index (χ1v) is 5.31. The summed E-state index contributed by atoms with van der Waals surface area (Å²) in [5.41, 5.74) is -2.46. The lowest BCUT2D eigenvalue weighted by Crippen LogP contribution is -2.79. The monoisotopic (exact) mass is 282 g/mol. The average molecular weight is 282 g/mol. The van der Waals surface area contributed by atoms with Crippen LogP contribution in [0.15, 0.2) is 0 Å². The second-order valence-electron chi connectivity index (χ2n) is 4.09. The topological polar surface area (TPSA) is 148 Å². The Bertz CT molecular complexity index is 350. The fourth-order valence-corrected chi connectivity index (χ4v) is 1.88. The number of aliphatic hydroxyl groups excluding tert-OH is 4. The van der Waals surface area contributed by atoms with Gasteiger partial charge in [0.2, 0.25) is 12.2 Å². The maximum atomic E-state index is 12.5.